The van der Waals surface area contributed by atoms with Gasteiger partial charge in [-0.3, -0.25) is 19.1 Å². The SMILES string of the molecule is CCCC(=O)NC[C@H]1O[C@@H](n2cc(C)c(=O)[nH]c2=O)C[C@@H]1N. The van der Waals surface area contributed by atoms with Crippen molar-refractivity contribution in [3.8, 4) is 0 Å². The van der Waals surface area contributed by atoms with Crippen molar-refractivity contribution in [3.63, 3.8) is 0 Å². The van der Waals surface area contributed by atoms with Gasteiger partial charge in [0.15, 0.2) is 0 Å². The van der Waals surface area contributed by atoms with Gasteiger partial charge >= 0.3 is 5.69 Å². The minimum Gasteiger partial charge on any atom is -0.353 e. The molecule has 122 valence electrons. The molecule has 0 saturated carbocycles. The lowest BCUT2D eigenvalue weighted by atomic mass is 10.1. The summed E-state index contributed by atoms with van der Waals surface area (Å²) in [5, 5.41) is 2.77. The first-order valence-electron chi connectivity index (χ1n) is 7.42. The molecule has 0 aliphatic carbocycles. The number of hydrogen-bond donors (Lipinski definition) is 3. The summed E-state index contributed by atoms with van der Waals surface area (Å²) in [7, 11) is 0. The number of hydrogen-bond acceptors (Lipinski definition) is 5. The maximum Gasteiger partial charge on any atom is 0.330 e. The Labute approximate surface area is 127 Å². The third-order valence-electron chi connectivity index (χ3n) is 3.72. The minimum absolute atomic E-state index is 0.0428. The van der Waals surface area contributed by atoms with Gasteiger partial charge in [-0.05, 0) is 13.3 Å². The Bertz CT molecular complexity index is 651. The summed E-state index contributed by atoms with van der Waals surface area (Å²) in [5.74, 6) is -0.0428. The van der Waals surface area contributed by atoms with Crippen molar-refractivity contribution >= 4 is 5.91 Å². The molecule has 1 saturated heterocycles. The van der Waals surface area contributed by atoms with Crippen LogP contribution in [0.4, 0.5) is 0 Å². The molecule has 0 spiro atoms. The highest BCUT2D eigenvalue weighted by atomic mass is 16.5. The number of carbonyl (C=O) groups is 1. The van der Waals surface area contributed by atoms with E-state index in [0.29, 0.717) is 24.9 Å². The normalized spacial score (nSPS) is 24.4. The van der Waals surface area contributed by atoms with E-state index in [1.54, 1.807) is 6.92 Å². The van der Waals surface area contributed by atoms with Gasteiger partial charge < -0.3 is 15.8 Å². The summed E-state index contributed by atoms with van der Waals surface area (Å²) in [6.07, 6.45) is 2.26. The molecular formula is C14H22N4O4. The van der Waals surface area contributed by atoms with Crippen LogP contribution < -0.4 is 22.3 Å². The number of aromatic nitrogens is 2. The maximum atomic E-state index is 11.9. The van der Waals surface area contributed by atoms with Gasteiger partial charge in [0.25, 0.3) is 5.56 Å². The highest BCUT2D eigenvalue weighted by molar-refractivity contribution is 5.75. The number of carbonyl (C=O) groups excluding carboxylic acids is 1. The monoisotopic (exact) mass is 310 g/mol. The fraction of sp³-hybridized carbons (Fsp3) is 0.643. The number of rotatable bonds is 5. The zero-order valence-electron chi connectivity index (χ0n) is 12.8. The number of aryl methyl sites for hydroxylation is 1. The zero-order chi connectivity index (χ0) is 16.3. The van der Waals surface area contributed by atoms with Crippen LogP contribution >= 0.6 is 0 Å². The summed E-state index contributed by atoms with van der Waals surface area (Å²) in [4.78, 5) is 37.0. The van der Waals surface area contributed by atoms with Crippen LogP contribution in [-0.2, 0) is 9.53 Å². The number of nitrogens with zero attached hydrogens (tertiary/aromatic N) is 1. The van der Waals surface area contributed by atoms with Crippen molar-refractivity contribution in [3.05, 3.63) is 32.6 Å². The van der Waals surface area contributed by atoms with Crippen molar-refractivity contribution in [2.45, 2.75) is 51.5 Å². The van der Waals surface area contributed by atoms with E-state index in [-0.39, 0.29) is 18.1 Å². The van der Waals surface area contributed by atoms with E-state index < -0.39 is 17.5 Å². The van der Waals surface area contributed by atoms with Gasteiger partial charge in [-0.1, -0.05) is 6.92 Å². The van der Waals surface area contributed by atoms with Crippen LogP contribution in [0.5, 0.6) is 0 Å². The third-order valence-corrected chi connectivity index (χ3v) is 3.72. The maximum absolute atomic E-state index is 11.9. The highest BCUT2D eigenvalue weighted by Gasteiger charge is 2.34. The van der Waals surface area contributed by atoms with Gasteiger partial charge in [-0.15, -0.1) is 0 Å². The van der Waals surface area contributed by atoms with Crippen molar-refractivity contribution in [2.24, 2.45) is 5.73 Å². The van der Waals surface area contributed by atoms with E-state index in [1.807, 2.05) is 6.92 Å². The van der Waals surface area contributed by atoms with Gasteiger partial charge in [0.2, 0.25) is 5.91 Å². The molecule has 0 unspecified atom stereocenters. The quantitative estimate of drug-likeness (QED) is 0.669. The molecule has 8 nitrogen and oxygen atoms in total. The molecule has 1 amide bonds. The molecule has 1 fully saturated rings. The summed E-state index contributed by atoms with van der Waals surface area (Å²) >= 11 is 0. The Kier molecular flexibility index (Phi) is 5.15. The standard InChI is InChI=1S/C14H22N4O4/c1-3-4-11(19)16-6-10-9(15)5-12(22-10)18-7-8(2)13(20)17-14(18)21/h7,9-10,12H,3-6,15H2,1-2H3,(H,16,19)(H,17,20,21)/t9-,10+,12+/m0/s1. The lowest BCUT2D eigenvalue weighted by Crippen LogP contribution is -2.40. The Hall–Kier alpha value is -1.93. The van der Waals surface area contributed by atoms with Crippen LogP contribution in [0.3, 0.4) is 0 Å². The largest absolute Gasteiger partial charge is 0.353 e. The number of aromatic amines is 1. The lowest BCUT2D eigenvalue weighted by molar-refractivity contribution is -0.122. The molecular weight excluding hydrogens is 288 g/mol. The van der Waals surface area contributed by atoms with Gasteiger partial charge in [0.05, 0.1) is 6.10 Å². The number of amides is 1. The Balaban J connectivity index is 2.04. The molecule has 0 radical (unpaired) electrons. The van der Waals surface area contributed by atoms with E-state index in [1.165, 1.54) is 10.8 Å². The molecule has 1 aliphatic heterocycles. The molecule has 0 aromatic carbocycles. The van der Waals surface area contributed by atoms with E-state index in [4.69, 9.17) is 10.5 Å². The predicted molar refractivity (Wildman–Crippen MR) is 80.5 cm³/mol. The van der Waals surface area contributed by atoms with Gasteiger partial charge in [-0.25, -0.2) is 4.79 Å². The first kappa shape index (κ1) is 16.4. The van der Waals surface area contributed by atoms with E-state index in [9.17, 15) is 14.4 Å². The highest BCUT2D eigenvalue weighted by Crippen LogP contribution is 2.25. The molecule has 1 aliphatic rings. The second-order valence-electron chi connectivity index (χ2n) is 5.56. The van der Waals surface area contributed by atoms with Crippen LogP contribution in [0.15, 0.2) is 15.8 Å². The van der Waals surface area contributed by atoms with Crippen LogP contribution in [0, 0.1) is 6.92 Å². The molecule has 4 N–H and O–H groups in total. The van der Waals surface area contributed by atoms with E-state index in [2.05, 4.69) is 10.3 Å². The third kappa shape index (κ3) is 3.63. The van der Waals surface area contributed by atoms with Crippen LogP contribution in [-0.4, -0.2) is 34.1 Å². The van der Waals surface area contributed by atoms with Crippen molar-refractivity contribution in [1.82, 2.24) is 14.9 Å². The molecule has 2 heterocycles. The van der Waals surface area contributed by atoms with Crippen LogP contribution in [0.1, 0.15) is 38.0 Å². The average molecular weight is 310 g/mol. The fourth-order valence-electron chi connectivity index (χ4n) is 2.45. The Morgan fingerprint density at radius 3 is 2.95 bits per heavy atom. The molecule has 1 aromatic rings. The zero-order valence-corrected chi connectivity index (χ0v) is 12.8. The second kappa shape index (κ2) is 6.89. The summed E-state index contributed by atoms with van der Waals surface area (Å²) < 4.78 is 7.10. The van der Waals surface area contributed by atoms with Crippen molar-refractivity contribution in [1.29, 1.82) is 0 Å². The molecule has 0 bridgehead atoms. The summed E-state index contributed by atoms with van der Waals surface area (Å²) in [5.41, 5.74) is 5.51. The van der Waals surface area contributed by atoms with Gasteiger partial charge in [0.1, 0.15) is 6.23 Å². The first-order valence-corrected chi connectivity index (χ1v) is 7.42. The molecule has 22 heavy (non-hydrogen) atoms. The van der Waals surface area contributed by atoms with Crippen molar-refractivity contribution < 1.29 is 9.53 Å². The molecule has 3 atom stereocenters. The predicted octanol–water partition coefficient (Wildman–Crippen LogP) is -0.624. The number of ether oxygens (including phenoxy) is 1. The summed E-state index contributed by atoms with van der Waals surface area (Å²) in [6.45, 7) is 3.86. The number of nitrogens with one attached hydrogen (secondary N) is 2. The van der Waals surface area contributed by atoms with Crippen molar-refractivity contribution in [2.75, 3.05) is 6.54 Å². The first-order chi connectivity index (χ1) is 10.4. The van der Waals surface area contributed by atoms with Gasteiger partial charge in [0, 0.05) is 37.2 Å². The topological polar surface area (TPSA) is 119 Å². The fourth-order valence-corrected chi connectivity index (χ4v) is 2.45. The minimum atomic E-state index is -0.536. The number of H-pyrrole nitrogens is 1. The van der Waals surface area contributed by atoms with Crippen LogP contribution in [0.25, 0.3) is 0 Å². The van der Waals surface area contributed by atoms with Crippen LogP contribution in [0.2, 0.25) is 0 Å². The summed E-state index contributed by atoms with van der Waals surface area (Å²) in [6, 6.07) is -0.286. The molecule has 8 heteroatoms. The Morgan fingerprint density at radius 1 is 1.55 bits per heavy atom. The van der Waals surface area contributed by atoms with E-state index in [0.717, 1.165) is 6.42 Å². The molecule has 2 rings (SSSR count). The second-order valence-corrected chi connectivity index (χ2v) is 5.56. The lowest BCUT2D eigenvalue weighted by Gasteiger charge is -2.17. The smallest absolute Gasteiger partial charge is 0.330 e. The average Bonchev–Trinajstić information content (AvgIpc) is 2.82. The Morgan fingerprint density at radius 2 is 2.27 bits per heavy atom. The van der Waals surface area contributed by atoms with Gasteiger partial charge in [-0.2, -0.15) is 0 Å². The molecule has 1 aromatic heterocycles. The number of nitrogens with two attached hydrogens (primary N) is 1. The van der Waals surface area contributed by atoms with E-state index >= 15 is 0 Å².